The minimum Gasteiger partial charge on any atom is -0.385 e. The van der Waals surface area contributed by atoms with Crippen LogP contribution in [-0.2, 0) is 4.79 Å². The molecule has 0 saturated heterocycles. The summed E-state index contributed by atoms with van der Waals surface area (Å²) in [5.74, 6) is 0.598. The number of hydrogen-bond donors (Lipinski definition) is 2. The molecule has 2 N–H and O–H groups in total. The third-order valence-corrected chi connectivity index (χ3v) is 4.39. The number of hydrogen-bond acceptors (Lipinski definition) is 2. The molecule has 2 unspecified atom stereocenters. The molecule has 0 bridgehead atoms. The molecule has 1 aliphatic carbocycles. The van der Waals surface area contributed by atoms with E-state index in [1.807, 2.05) is 54.6 Å². The quantitative estimate of drug-likeness (QED) is 0.752. The van der Waals surface area contributed by atoms with Crippen molar-refractivity contribution in [1.29, 1.82) is 0 Å². The minimum atomic E-state index is 0.107. The summed E-state index contributed by atoms with van der Waals surface area (Å²) < 4.78 is 0. The molecule has 1 saturated carbocycles. The minimum absolute atomic E-state index is 0.107. The van der Waals surface area contributed by atoms with E-state index in [9.17, 15) is 4.79 Å². The van der Waals surface area contributed by atoms with Crippen molar-refractivity contribution in [2.24, 2.45) is 5.92 Å². The maximum absolute atomic E-state index is 12.1. The van der Waals surface area contributed by atoms with Crippen molar-refractivity contribution in [2.75, 3.05) is 18.4 Å². The van der Waals surface area contributed by atoms with E-state index in [1.165, 1.54) is 5.56 Å². The van der Waals surface area contributed by atoms with Gasteiger partial charge in [0.15, 0.2) is 0 Å². The molecule has 2 atom stereocenters. The van der Waals surface area contributed by atoms with Crippen molar-refractivity contribution in [2.45, 2.75) is 18.8 Å². The van der Waals surface area contributed by atoms with Gasteiger partial charge in [0.05, 0.1) is 0 Å². The van der Waals surface area contributed by atoms with Crippen LogP contribution in [0.15, 0.2) is 54.6 Å². The number of amides is 1. The number of anilines is 1. The van der Waals surface area contributed by atoms with E-state index in [0.717, 1.165) is 30.1 Å². The van der Waals surface area contributed by atoms with Crippen LogP contribution in [0.2, 0.25) is 5.02 Å². The zero-order chi connectivity index (χ0) is 16.1. The fourth-order valence-corrected chi connectivity index (χ4v) is 3.01. The highest BCUT2D eigenvalue weighted by Crippen LogP contribution is 2.47. The largest absolute Gasteiger partial charge is 0.385 e. The SMILES string of the molecule is O=C(NCCCNc1ccccc1)C1CC1c1cccc(Cl)c1. The van der Waals surface area contributed by atoms with Gasteiger partial charge < -0.3 is 10.6 Å². The lowest BCUT2D eigenvalue weighted by atomic mass is 10.1. The number of halogens is 1. The molecule has 3 rings (SSSR count). The number of para-hydroxylation sites is 1. The fraction of sp³-hybridized carbons (Fsp3) is 0.316. The summed E-state index contributed by atoms with van der Waals surface area (Å²) in [7, 11) is 0. The second kappa shape index (κ2) is 7.51. The Morgan fingerprint density at radius 1 is 1.09 bits per heavy atom. The third kappa shape index (κ3) is 4.49. The Morgan fingerprint density at radius 3 is 2.70 bits per heavy atom. The van der Waals surface area contributed by atoms with Crippen LogP contribution in [-0.4, -0.2) is 19.0 Å². The van der Waals surface area contributed by atoms with Crippen LogP contribution in [0.4, 0.5) is 5.69 Å². The molecule has 0 radical (unpaired) electrons. The number of benzene rings is 2. The molecule has 0 heterocycles. The van der Waals surface area contributed by atoms with E-state index in [0.29, 0.717) is 12.5 Å². The van der Waals surface area contributed by atoms with Crippen LogP contribution in [0.25, 0.3) is 0 Å². The molecule has 120 valence electrons. The lowest BCUT2D eigenvalue weighted by molar-refractivity contribution is -0.122. The van der Waals surface area contributed by atoms with Crippen molar-refractivity contribution in [3.8, 4) is 0 Å². The van der Waals surface area contributed by atoms with Crippen LogP contribution in [0, 0.1) is 5.92 Å². The Hall–Kier alpha value is -2.00. The van der Waals surface area contributed by atoms with Gasteiger partial charge in [-0.1, -0.05) is 41.9 Å². The molecule has 0 spiro atoms. The first-order valence-electron chi connectivity index (χ1n) is 8.06. The third-order valence-electron chi connectivity index (χ3n) is 4.16. The predicted octanol–water partition coefficient (Wildman–Crippen LogP) is 4.06. The Morgan fingerprint density at radius 2 is 1.91 bits per heavy atom. The van der Waals surface area contributed by atoms with Crippen molar-refractivity contribution in [3.05, 3.63) is 65.2 Å². The molecule has 1 aliphatic rings. The zero-order valence-electron chi connectivity index (χ0n) is 13.0. The average Bonchev–Trinajstić information content (AvgIpc) is 3.36. The zero-order valence-corrected chi connectivity index (χ0v) is 13.7. The Labute approximate surface area is 142 Å². The van der Waals surface area contributed by atoms with E-state index in [2.05, 4.69) is 10.6 Å². The standard InChI is InChI=1S/C19H21ClN2O/c20-15-7-4-6-14(12-15)17-13-18(17)19(23)22-11-5-10-21-16-8-2-1-3-9-16/h1-4,6-9,12,17-18,21H,5,10-11,13H2,(H,22,23). The molecule has 4 heteroatoms. The number of nitrogens with one attached hydrogen (secondary N) is 2. The van der Waals surface area contributed by atoms with Gasteiger partial charge in [-0.05, 0) is 48.6 Å². The van der Waals surface area contributed by atoms with E-state index in [-0.39, 0.29) is 11.8 Å². The van der Waals surface area contributed by atoms with E-state index >= 15 is 0 Å². The summed E-state index contributed by atoms with van der Waals surface area (Å²) in [4.78, 5) is 12.1. The fourth-order valence-electron chi connectivity index (χ4n) is 2.81. The molecule has 2 aromatic carbocycles. The van der Waals surface area contributed by atoms with E-state index in [1.54, 1.807) is 0 Å². The van der Waals surface area contributed by atoms with Crippen molar-refractivity contribution in [3.63, 3.8) is 0 Å². The molecule has 2 aromatic rings. The topological polar surface area (TPSA) is 41.1 Å². The first-order valence-corrected chi connectivity index (χ1v) is 8.44. The molecule has 0 aliphatic heterocycles. The predicted molar refractivity (Wildman–Crippen MR) is 94.9 cm³/mol. The summed E-state index contributed by atoms with van der Waals surface area (Å²) in [5.41, 5.74) is 2.28. The van der Waals surface area contributed by atoms with Gasteiger partial charge >= 0.3 is 0 Å². The average molecular weight is 329 g/mol. The van der Waals surface area contributed by atoms with Crippen LogP contribution in [0.3, 0.4) is 0 Å². The van der Waals surface area contributed by atoms with Crippen LogP contribution < -0.4 is 10.6 Å². The molecule has 1 amide bonds. The smallest absolute Gasteiger partial charge is 0.223 e. The molecular weight excluding hydrogens is 308 g/mol. The van der Waals surface area contributed by atoms with Gasteiger partial charge in [0.1, 0.15) is 0 Å². The molecule has 23 heavy (non-hydrogen) atoms. The van der Waals surface area contributed by atoms with E-state index < -0.39 is 0 Å². The first-order chi connectivity index (χ1) is 11.2. The van der Waals surface area contributed by atoms with E-state index in [4.69, 9.17) is 11.6 Å². The van der Waals surface area contributed by atoms with Crippen molar-refractivity contribution >= 4 is 23.2 Å². The Balaban J connectivity index is 1.35. The van der Waals surface area contributed by atoms with Crippen LogP contribution in [0.1, 0.15) is 24.3 Å². The molecule has 3 nitrogen and oxygen atoms in total. The maximum Gasteiger partial charge on any atom is 0.223 e. The highest BCUT2D eigenvalue weighted by molar-refractivity contribution is 6.30. The second-order valence-corrected chi connectivity index (χ2v) is 6.38. The summed E-state index contributed by atoms with van der Waals surface area (Å²) in [6.07, 6.45) is 1.84. The van der Waals surface area contributed by atoms with Gasteiger partial charge in [0.2, 0.25) is 5.91 Å². The van der Waals surface area contributed by atoms with Gasteiger partial charge in [-0.15, -0.1) is 0 Å². The number of carbonyl (C=O) groups excluding carboxylic acids is 1. The maximum atomic E-state index is 12.1. The summed E-state index contributed by atoms with van der Waals surface area (Å²) in [6, 6.07) is 17.9. The summed E-state index contributed by atoms with van der Waals surface area (Å²) in [5, 5.41) is 7.11. The summed E-state index contributed by atoms with van der Waals surface area (Å²) in [6.45, 7) is 1.56. The van der Waals surface area contributed by atoms with Crippen LogP contribution in [0.5, 0.6) is 0 Å². The molecular formula is C19H21ClN2O. The van der Waals surface area contributed by atoms with Gasteiger partial charge in [-0.3, -0.25) is 4.79 Å². The number of rotatable bonds is 7. The van der Waals surface area contributed by atoms with Crippen molar-refractivity contribution in [1.82, 2.24) is 5.32 Å². The van der Waals surface area contributed by atoms with Crippen molar-refractivity contribution < 1.29 is 4.79 Å². The summed E-state index contributed by atoms with van der Waals surface area (Å²) >= 11 is 6.01. The molecule has 1 fully saturated rings. The monoisotopic (exact) mass is 328 g/mol. The normalized spacial score (nSPS) is 19.2. The highest BCUT2D eigenvalue weighted by atomic mass is 35.5. The lowest BCUT2D eigenvalue weighted by Gasteiger charge is -2.07. The Kier molecular flexibility index (Phi) is 5.19. The first kappa shape index (κ1) is 15.9. The second-order valence-electron chi connectivity index (χ2n) is 5.94. The van der Waals surface area contributed by atoms with Gasteiger partial charge in [-0.2, -0.15) is 0 Å². The van der Waals surface area contributed by atoms with Crippen LogP contribution >= 0.6 is 11.6 Å². The highest BCUT2D eigenvalue weighted by Gasteiger charge is 2.43. The molecule has 0 aromatic heterocycles. The van der Waals surface area contributed by atoms with Gasteiger partial charge in [-0.25, -0.2) is 0 Å². The lowest BCUT2D eigenvalue weighted by Crippen LogP contribution is -2.27. The van der Waals surface area contributed by atoms with Gasteiger partial charge in [0.25, 0.3) is 0 Å². The number of carbonyl (C=O) groups is 1. The Bertz CT molecular complexity index is 659. The van der Waals surface area contributed by atoms with Gasteiger partial charge in [0, 0.05) is 29.7 Å².